The number of para-hydroxylation sites is 1. The van der Waals surface area contributed by atoms with Gasteiger partial charge in [0.05, 0.1) is 5.69 Å². The molecule has 0 aliphatic heterocycles. The summed E-state index contributed by atoms with van der Waals surface area (Å²) in [5, 5.41) is 3.39. The van der Waals surface area contributed by atoms with Crippen molar-refractivity contribution in [3.05, 3.63) is 58.6 Å². The molecule has 4 nitrogen and oxygen atoms in total. The number of ether oxygens (including phenoxy) is 2. The van der Waals surface area contributed by atoms with Gasteiger partial charge >= 0.3 is 6.09 Å². The summed E-state index contributed by atoms with van der Waals surface area (Å²) in [6.45, 7) is 5.93. The minimum absolute atomic E-state index is 0.555. The number of unbranched alkanes of at least 4 members (excludes halogenated alkanes) is 11. The molecule has 0 aliphatic rings. The van der Waals surface area contributed by atoms with Crippen LogP contribution in [0.5, 0.6) is 5.75 Å². The summed E-state index contributed by atoms with van der Waals surface area (Å²) in [6, 6.07) is 14.0. The topological polar surface area (TPSA) is 47.6 Å². The quantitative estimate of drug-likeness (QED) is 0.173. The molecule has 2 aromatic rings. The van der Waals surface area contributed by atoms with Crippen molar-refractivity contribution in [2.24, 2.45) is 0 Å². The normalized spacial score (nSPS) is 11.8. The van der Waals surface area contributed by atoms with Gasteiger partial charge in [-0.3, -0.25) is 5.32 Å². The number of amides is 1. The Bertz CT molecular complexity index is 856. The molecule has 2 rings (SSSR count). The van der Waals surface area contributed by atoms with Gasteiger partial charge in [-0.1, -0.05) is 107 Å². The SMILES string of the molecule is CCCCCCCCCCCCCCc1cc(Cl)c(C)cc1OC(C)OC(=O)Nc1[c]cccc1. The minimum Gasteiger partial charge on any atom is -0.455 e. The molecule has 1 unspecified atom stereocenters. The summed E-state index contributed by atoms with van der Waals surface area (Å²) in [7, 11) is 0. The number of hydrogen-bond acceptors (Lipinski definition) is 3. The number of anilines is 1. The highest BCUT2D eigenvalue weighted by atomic mass is 35.5. The van der Waals surface area contributed by atoms with Crippen molar-refractivity contribution >= 4 is 23.4 Å². The molecule has 0 fully saturated rings. The van der Waals surface area contributed by atoms with Gasteiger partial charge in [-0.15, -0.1) is 0 Å². The molecule has 0 aliphatic carbocycles. The van der Waals surface area contributed by atoms with Gasteiger partial charge in [-0.25, -0.2) is 4.79 Å². The molecule has 0 saturated carbocycles. The van der Waals surface area contributed by atoms with Gasteiger partial charge in [-0.05, 0) is 49.1 Å². The Hall–Kier alpha value is -2.20. The highest BCUT2D eigenvalue weighted by molar-refractivity contribution is 6.31. The van der Waals surface area contributed by atoms with Crippen LogP contribution in [0.4, 0.5) is 10.5 Å². The zero-order valence-corrected chi connectivity index (χ0v) is 22.6. The summed E-state index contributed by atoms with van der Waals surface area (Å²) < 4.78 is 11.4. The minimum atomic E-state index is -0.736. The Morgan fingerprint density at radius 1 is 0.971 bits per heavy atom. The maximum atomic E-state index is 12.2. The van der Waals surface area contributed by atoms with Crippen molar-refractivity contribution in [2.75, 3.05) is 5.32 Å². The van der Waals surface area contributed by atoms with Crippen molar-refractivity contribution < 1.29 is 14.3 Å². The molecule has 0 heterocycles. The molecule has 5 heteroatoms. The lowest BCUT2D eigenvalue weighted by Gasteiger charge is -2.19. The standard InChI is InChI=1S/C30H43ClNO3/c1-4-5-6-7-8-9-10-11-12-13-14-16-19-26-23-28(31)24(2)22-29(26)34-25(3)35-30(33)32-27-20-17-15-18-21-27/h15,17-18,20,22-23,25H,4-14,16,19H2,1-3H3,(H,32,33). The van der Waals surface area contributed by atoms with Gasteiger partial charge < -0.3 is 9.47 Å². The lowest BCUT2D eigenvalue weighted by atomic mass is 10.0. The monoisotopic (exact) mass is 500 g/mol. The Morgan fingerprint density at radius 3 is 2.20 bits per heavy atom. The van der Waals surface area contributed by atoms with Gasteiger partial charge in [0.2, 0.25) is 6.29 Å². The van der Waals surface area contributed by atoms with Gasteiger partial charge in [0.15, 0.2) is 0 Å². The number of rotatable bonds is 17. The van der Waals surface area contributed by atoms with E-state index in [9.17, 15) is 4.79 Å². The van der Waals surface area contributed by atoms with Gasteiger partial charge in [0.25, 0.3) is 0 Å². The van der Waals surface area contributed by atoms with E-state index in [4.69, 9.17) is 21.1 Å². The molecular weight excluding hydrogens is 458 g/mol. The fourth-order valence-electron chi connectivity index (χ4n) is 4.12. The zero-order chi connectivity index (χ0) is 25.3. The fourth-order valence-corrected chi connectivity index (χ4v) is 4.31. The molecule has 35 heavy (non-hydrogen) atoms. The Morgan fingerprint density at radius 2 is 1.60 bits per heavy atom. The summed E-state index contributed by atoms with van der Waals surface area (Å²) >= 11 is 6.39. The van der Waals surface area contributed by atoms with Crippen molar-refractivity contribution in [2.45, 2.75) is 111 Å². The van der Waals surface area contributed by atoms with E-state index < -0.39 is 12.4 Å². The summed E-state index contributed by atoms with van der Waals surface area (Å²) in [5.74, 6) is 0.724. The number of benzene rings is 2. The van der Waals surface area contributed by atoms with Crippen LogP contribution in [-0.2, 0) is 11.2 Å². The van der Waals surface area contributed by atoms with Crippen LogP contribution in [0.3, 0.4) is 0 Å². The van der Waals surface area contributed by atoms with E-state index in [2.05, 4.69) is 18.3 Å². The van der Waals surface area contributed by atoms with Crippen LogP contribution >= 0.6 is 11.6 Å². The molecule has 2 aromatic carbocycles. The highest BCUT2D eigenvalue weighted by Gasteiger charge is 2.15. The van der Waals surface area contributed by atoms with Crippen LogP contribution < -0.4 is 10.1 Å². The molecule has 193 valence electrons. The first-order valence-corrected chi connectivity index (χ1v) is 13.8. The number of halogens is 1. The zero-order valence-electron chi connectivity index (χ0n) is 21.8. The lowest BCUT2D eigenvalue weighted by Crippen LogP contribution is -2.25. The third-order valence-corrected chi connectivity index (χ3v) is 6.56. The number of carbonyl (C=O) groups is 1. The second kappa shape index (κ2) is 17.3. The van der Waals surface area contributed by atoms with Crippen LogP contribution in [0, 0.1) is 13.0 Å². The second-order valence-corrected chi connectivity index (χ2v) is 9.75. The molecule has 0 spiro atoms. The number of carbonyl (C=O) groups excluding carboxylic acids is 1. The average molecular weight is 501 g/mol. The third-order valence-electron chi connectivity index (χ3n) is 6.15. The van der Waals surface area contributed by atoms with Crippen LogP contribution in [-0.4, -0.2) is 12.4 Å². The lowest BCUT2D eigenvalue weighted by molar-refractivity contribution is -0.0125. The van der Waals surface area contributed by atoms with E-state index in [0.29, 0.717) is 5.69 Å². The van der Waals surface area contributed by atoms with Crippen molar-refractivity contribution in [3.8, 4) is 5.75 Å². The molecule has 1 radical (unpaired) electrons. The van der Waals surface area contributed by atoms with Gasteiger partial charge in [0.1, 0.15) is 5.75 Å². The Kier molecular flexibility index (Phi) is 14.3. The first-order chi connectivity index (χ1) is 17.0. The highest BCUT2D eigenvalue weighted by Crippen LogP contribution is 2.29. The van der Waals surface area contributed by atoms with Crippen LogP contribution in [0.15, 0.2) is 36.4 Å². The predicted molar refractivity (Wildman–Crippen MR) is 146 cm³/mol. The molecule has 0 aromatic heterocycles. The maximum absolute atomic E-state index is 12.2. The van der Waals surface area contributed by atoms with E-state index in [0.717, 1.165) is 34.7 Å². The van der Waals surface area contributed by atoms with E-state index in [1.807, 2.05) is 31.2 Å². The largest absolute Gasteiger partial charge is 0.455 e. The molecular formula is C30H43ClNO3. The Labute approximate surface area is 217 Å². The summed E-state index contributed by atoms with van der Waals surface area (Å²) in [5.41, 5.74) is 2.55. The Balaban J connectivity index is 1.71. The second-order valence-electron chi connectivity index (χ2n) is 9.34. The van der Waals surface area contributed by atoms with Crippen LogP contribution in [0.1, 0.15) is 102 Å². The van der Waals surface area contributed by atoms with E-state index in [1.165, 1.54) is 70.6 Å². The molecule has 1 atom stereocenters. The molecule has 0 saturated heterocycles. The van der Waals surface area contributed by atoms with Gasteiger partial charge in [0, 0.05) is 18.0 Å². The summed E-state index contributed by atoms with van der Waals surface area (Å²) in [6.07, 6.45) is 15.4. The first-order valence-electron chi connectivity index (χ1n) is 13.4. The van der Waals surface area contributed by atoms with E-state index in [1.54, 1.807) is 19.1 Å². The summed E-state index contributed by atoms with van der Waals surface area (Å²) in [4.78, 5) is 12.2. The number of nitrogens with one attached hydrogen (secondary N) is 1. The van der Waals surface area contributed by atoms with Crippen LogP contribution in [0.2, 0.25) is 5.02 Å². The molecule has 1 amide bonds. The van der Waals surface area contributed by atoms with E-state index in [-0.39, 0.29) is 0 Å². The van der Waals surface area contributed by atoms with Crippen LogP contribution in [0.25, 0.3) is 0 Å². The smallest absolute Gasteiger partial charge is 0.414 e. The van der Waals surface area contributed by atoms with E-state index >= 15 is 0 Å². The van der Waals surface area contributed by atoms with Crippen molar-refractivity contribution in [3.63, 3.8) is 0 Å². The number of hydrogen-bond donors (Lipinski definition) is 1. The molecule has 1 N–H and O–H groups in total. The average Bonchev–Trinajstić information content (AvgIpc) is 2.83. The van der Waals surface area contributed by atoms with Crippen molar-refractivity contribution in [1.82, 2.24) is 0 Å². The fraction of sp³-hybridized carbons (Fsp3) is 0.567. The van der Waals surface area contributed by atoms with Crippen molar-refractivity contribution in [1.29, 1.82) is 0 Å². The first kappa shape index (κ1) is 29.0. The number of aryl methyl sites for hydroxylation is 2. The third kappa shape index (κ3) is 12.4. The molecule has 0 bridgehead atoms. The predicted octanol–water partition coefficient (Wildman–Crippen LogP) is 9.67. The van der Waals surface area contributed by atoms with Gasteiger partial charge in [-0.2, -0.15) is 0 Å². The maximum Gasteiger partial charge on any atom is 0.414 e.